The van der Waals surface area contributed by atoms with Gasteiger partial charge >= 0.3 is 0 Å². The molecule has 0 radical (unpaired) electrons. The van der Waals surface area contributed by atoms with Gasteiger partial charge in [-0.3, -0.25) is 0 Å². The fraction of sp³-hybridized carbons (Fsp3) is 1.00. The van der Waals surface area contributed by atoms with Crippen LogP contribution in [0.15, 0.2) is 0 Å². The van der Waals surface area contributed by atoms with Crippen LogP contribution in [0, 0.1) is 5.92 Å². The molecule has 0 aromatic carbocycles. The molecule has 1 aliphatic rings. The first kappa shape index (κ1) is 15.0. The van der Waals surface area contributed by atoms with Crippen LogP contribution in [0.1, 0.15) is 65.7 Å². The fourth-order valence-electron chi connectivity index (χ4n) is 2.96. The molecule has 1 rings (SSSR count). The summed E-state index contributed by atoms with van der Waals surface area (Å²) in [5.41, 5.74) is 0. The van der Waals surface area contributed by atoms with E-state index < -0.39 is 0 Å². The van der Waals surface area contributed by atoms with Crippen LogP contribution in [-0.2, 0) is 4.74 Å². The van der Waals surface area contributed by atoms with Gasteiger partial charge in [-0.1, -0.05) is 32.6 Å². The van der Waals surface area contributed by atoms with Crippen molar-refractivity contribution in [3.05, 3.63) is 0 Å². The zero-order chi connectivity index (χ0) is 12.5. The molecule has 1 aliphatic carbocycles. The summed E-state index contributed by atoms with van der Waals surface area (Å²) in [5, 5.41) is 3.68. The maximum Gasteiger partial charge on any atom is 0.0671 e. The average Bonchev–Trinajstić information content (AvgIpc) is 2.53. The van der Waals surface area contributed by atoms with Crippen molar-refractivity contribution in [2.75, 3.05) is 13.2 Å². The highest BCUT2D eigenvalue weighted by Gasteiger charge is 2.18. The maximum absolute atomic E-state index is 5.56. The highest BCUT2D eigenvalue weighted by Crippen LogP contribution is 2.26. The molecule has 2 nitrogen and oxygen atoms in total. The van der Waals surface area contributed by atoms with Gasteiger partial charge in [0, 0.05) is 19.2 Å². The zero-order valence-corrected chi connectivity index (χ0v) is 12.0. The van der Waals surface area contributed by atoms with E-state index >= 15 is 0 Å². The quantitative estimate of drug-likeness (QED) is 0.685. The van der Waals surface area contributed by atoms with Crippen molar-refractivity contribution in [2.45, 2.75) is 77.9 Å². The summed E-state index contributed by atoms with van der Waals surface area (Å²) in [4.78, 5) is 0. The minimum absolute atomic E-state index is 0.356. The summed E-state index contributed by atoms with van der Waals surface area (Å²) in [5.74, 6) is 0.996. The van der Waals surface area contributed by atoms with E-state index in [0.717, 1.165) is 25.1 Å². The average molecular weight is 241 g/mol. The normalized spacial score (nSPS) is 27.7. The van der Waals surface area contributed by atoms with Gasteiger partial charge in [0.05, 0.1) is 6.10 Å². The van der Waals surface area contributed by atoms with E-state index in [2.05, 4.69) is 26.1 Å². The third kappa shape index (κ3) is 6.42. The van der Waals surface area contributed by atoms with Gasteiger partial charge in [-0.25, -0.2) is 0 Å². The molecule has 102 valence electrons. The largest absolute Gasteiger partial charge is 0.377 e. The van der Waals surface area contributed by atoms with Crippen molar-refractivity contribution in [2.24, 2.45) is 5.92 Å². The zero-order valence-electron chi connectivity index (χ0n) is 12.0. The predicted molar refractivity (Wildman–Crippen MR) is 74.4 cm³/mol. The first-order chi connectivity index (χ1) is 8.26. The molecule has 1 saturated carbocycles. The highest BCUT2D eigenvalue weighted by molar-refractivity contribution is 4.75. The molecule has 0 aromatic rings. The van der Waals surface area contributed by atoms with Crippen molar-refractivity contribution in [3.63, 3.8) is 0 Å². The summed E-state index contributed by atoms with van der Waals surface area (Å²) in [6.45, 7) is 8.37. The van der Waals surface area contributed by atoms with Crippen molar-refractivity contribution in [1.82, 2.24) is 5.32 Å². The molecule has 0 saturated heterocycles. The molecule has 0 bridgehead atoms. The second-order valence-corrected chi connectivity index (χ2v) is 5.53. The molecule has 3 unspecified atom stereocenters. The number of ether oxygens (including phenoxy) is 1. The molecule has 0 aliphatic heterocycles. The van der Waals surface area contributed by atoms with E-state index in [1.54, 1.807) is 0 Å². The monoisotopic (exact) mass is 241 g/mol. The molecular formula is C15H31NO. The minimum Gasteiger partial charge on any atom is -0.377 e. The lowest BCUT2D eigenvalue weighted by atomic mass is 9.95. The van der Waals surface area contributed by atoms with Gasteiger partial charge in [-0.05, 0) is 39.0 Å². The summed E-state index contributed by atoms with van der Waals surface area (Å²) in [7, 11) is 0. The Bertz CT molecular complexity index is 184. The van der Waals surface area contributed by atoms with Gasteiger partial charge < -0.3 is 10.1 Å². The van der Waals surface area contributed by atoms with Crippen LogP contribution in [0.3, 0.4) is 0 Å². The molecule has 17 heavy (non-hydrogen) atoms. The molecular weight excluding hydrogens is 210 g/mol. The van der Waals surface area contributed by atoms with Gasteiger partial charge in [0.15, 0.2) is 0 Å². The fourth-order valence-corrected chi connectivity index (χ4v) is 2.96. The lowest BCUT2D eigenvalue weighted by Crippen LogP contribution is -2.35. The second kappa shape index (κ2) is 8.93. The van der Waals surface area contributed by atoms with Crippen LogP contribution in [0.25, 0.3) is 0 Å². The maximum atomic E-state index is 5.56. The van der Waals surface area contributed by atoms with Crippen LogP contribution in [-0.4, -0.2) is 25.3 Å². The second-order valence-electron chi connectivity index (χ2n) is 5.53. The first-order valence-corrected chi connectivity index (χ1v) is 7.61. The Morgan fingerprint density at radius 3 is 2.71 bits per heavy atom. The number of nitrogens with one attached hydrogen (secondary N) is 1. The van der Waals surface area contributed by atoms with E-state index in [1.165, 1.54) is 44.9 Å². The van der Waals surface area contributed by atoms with Crippen LogP contribution < -0.4 is 5.32 Å². The number of hydrogen-bond donors (Lipinski definition) is 1. The number of rotatable bonds is 7. The van der Waals surface area contributed by atoms with E-state index in [9.17, 15) is 0 Å². The Kier molecular flexibility index (Phi) is 7.87. The third-order valence-corrected chi connectivity index (χ3v) is 3.93. The van der Waals surface area contributed by atoms with Gasteiger partial charge in [0.25, 0.3) is 0 Å². The smallest absolute Gasteiger partial charge is 0.0671 e. The summed E-state index contributed by atoms with van der Waals surface area (Å²) < 4.78 is 5.56. The van der Waals surface area contributed by atoms with E-state index in [-0.39, 0.29) is 0 Å². The van der Waals surface area contributed by atoms with Gasteiger partial charge in [-0.15, -0.1) is 0 Å². The molecule has 1 fully saturated rings. The lowest BCUT2D eigenvalue weighted by Gasteiger charge is -2.20. The molecule has 0 aromatic heterocycles. The van der Waals surface area contributed by atoms with Crippen molar-refractivity contribution in [1.29, 1.82) is 0 Å². The van der Waals surface area contributed by atoms with Gasteiger partial charge in [0.1, 0.15) is 0 Å². The molecule has 3 atom stereocenters. The van der Waals surface area contributed by atoms with Crippen LogP contribution >= 0.6 is 0 Å². The Morgan fingerprint density at radius 1 is 1.18 bits per heavy atom. The summed E-state index contributed by atoms with van der Waals surface area (Å²) in [6, 6.07) is 0.736. The Balaban J connectivity index is 2.17. The van der Waals surface area contributed by atoms with Gasteiger partial charge in [-0.2, -0.15) is 0 Å². The Labute approximate surface area is 108 Å². The number of hydrogen-bond acceptors (Lipinski definition) is 2. The summed E-state index contributed by atoms with van der Waals surface area (Å²) in [6.07, 6.45) is 10.1. The Morgan fingerprint density at radius 2 is 2.00 bits per heavy atom. The lowest BCUT2D eigenvalue weighted by molar-refractivity contribution is 0.0734. The van der Waals surface area contributed by atoms with E-state index in [0.29, 0.717) is 6.10 Å². The molecule has 1 N–H and O–H groups in total. The topological polar surface area (TPSA) is 21.3 Å². The van der Waals surface area contributed by atoms with Crippen LogP contribution in [0.2, 0.25) is 0 Å². The molecule has 0 amide bonds. The summed E-state index contributed by atoms with van der Waals surface area (Å²) >= 11 is 0. The van der Waals surface area contributed by atoms with Gasteiger partial charge in [0.2, 0.25) is 0 Å². The SMILES string of the molecule is CCCC1CCCC(NCC(C)OCC)CC1. The highest BCUT2D eigenvalue weighted by atomic mass is 16.5. The minimum atomic E-state index is 0.356. The first-order valence-electron chi connectivity index (χ1n) is 7.61. The van der Waals surface area contributed by atoms with Crippen molar-refractivity contribution in [3.8, 4) is 0 Å². The standard InChI is InChI=1S/C15H31NO/c1-4-7-14-8-6-9-15(11-10-14)16-12-13(3)17-5-2/h13-16H,4-12H2,1-3H3. The van der Waals surface area contributed by atoms with Crippen LogP contribution in [0.5, 0.6) is 0 Å². The van der Waals surface area contributed by atoms with Crippen LogP contribution in [0.4, 0.5) is 0 Å². The third-order valence-electron chi connectivity index (χ3n) is 3.93. The molecule has 2 heteroatoms. The Hall–Kier alpha value is -0.0800. The molecule has 0 spiro atoms. The van der Waals surface area contributed by atoms with E-state index in [1.807, 2.05) is 0 Å². The predicted octanol–water partition coefficient (Wildman–Crippen LogP) is 3.75. The van der Waals surface area contributed by atoms with Crippen molar-refractivity contribution < 1.29 is 4.74 Å². The molecule has 0 heterocycles. The van der Waals surface area contributed by atoms with Crippen molar-refractivity contribution >= 4 is 0 Å². The van der Waals surface area contributed by atoms with E-state index in [4.69, 9.17) is 4.74 Å².